The molecule has 5 heterocycles. The first-order valence-corrected chi connectivity index (χ1v) is 12.2. The van der Waals surface area contributed by atoms with Crippen LogP contribution in [0.5, 0.6) is 0 Å². The van der Waals surface area contributed by atoms with Gasteiger partial charge in [0.25, 0.3) is 0 Å². The van der Waals surface area contributed by atoms with Gasteiger partial charge in [-0.1, -0.05) is 0 Å². The number of nitrogens with zero attached hydrogens (tertiary/aromatic N) is 7. The molecule has 0 atom stereocenters. The van der Waals surface area contributed by atoms with E-state index in [0.29, 0.717) is 50.8 Å². The summed E-state index contributed by atoms with van der Waals surface area (Å²) in [4.78, 5) is 40.2. The van der Waals surface area contributed by atoms with Gasteiger partial charge in [0.05, 0.1) is 23.1 Å². The van der Waals surface area contributed by atoms with E-state index in [2.05, 4.69) is 25.3 Å². The molecule has 5 rings (SSSR count). The number of amides is 3. The first-order valence-electron chi connectivity index (χ1n) is 12.2. The minimum Gasteiger partial charge on any atom is -0.444 e. The first-order chi connectivity index (χ1) is 17.1. The molecule has 190 valence electrons. The van der Waals surface area contributed by atoms with Gasteiger partial charge in [0.2, 0.25) is 0 Å². The summed E-state index contributed by atoms with van der Waals surface area (Å²) in [7, 11) is 0. The van der Waals surface area contributed by atoms with E-state index in [-0.39, 0.29) is 12.1 Å². The zero-order valence-electron chi connectivity index (χ0n) is 21.4. The lowest BCUT2D eigenvalue weighted by atomic mass is 10.1. The van der Waals surface area contributed by atoms with Crippen molar-refractivity contribution >= 4 is 35.0 Å². The highest BCUT2D eigenvalue weighted by atomic mass is 16.6. The van der Waals surface area contributed by atoms with Gasteiger partial charge in [-0.2, -0.15) is 0 Å². The van der Waals surface area contributed by atoms with Crippen molar-refractivity contribution in [2.45, 2.75) is 46.6 Å². The molecule has 1 N–H and O–H groups in total. The number of ether oxygens (including phenoxy) is 1. The highest BCUT2D eigenvalue weighted by Crippen LogP contribution is 2.34. The second-order valence-electron chi connectivity index (χ2n) is 10.2. The molecule has 3 aromatic heterocycles. The minimum absolute atomic E-state index is 0.265. The van der Waals surface area contributed by atoms with Crippen molar-refractivity contribution in [2.24, 2.45) is 0 Å². The number of pyridine rings is 1. The molecule has 3 aromatic rings. The minimum atomic E-state index is -0.512. The first kappa shape index (κ1) is 23.8. The molecule has 2 aliphatic heterocycles. The Balaban J connectivity index is 1.28. The van der Waals surface area contributed by atoms with Gasteiger partial charge in [0.15, 0.2) is 5.82 Å². The molecule has 1 fully saturated rings. The van der Waals surface area contributed by atoms with Gasteiger partial charge in [-0.15, -0.1) is 5.10 Å². The molecule has 0 aliphatic carbocycles. The van der Waals surface area contributed by atoms with Crippen molar-refractivity contribution in [3.8, 4) is 0 Å². The smallest absolute Gasteiger partial charge is 0.410 e. The number of aryl methyl sites for hydroxylation is 2. The standard InChI is InChI=1S/C25H32N8O3/c1-16-15-33-20(17(2)27-16)14-21(29-33)28-23(34)32-9-7-18-19(6-8-26-22(18)32)30-10-12-31(13-11-30)24(35)36-25(3,4)5/h6,8,14-15H,7,9-13H2,1-5H3,(H,28,29,34). The SMILES string of the molecule is Cc1cn2nc(NC(=O)N3CCc4c(N5CCN(C(=O)OC(C)(C)C)CC5)ccnc43)cc2c(C)n1. The van der Waals surface area contributed by atoms with Crippen LogP contribution in [-0.2, 0) is 11.2 Å². The fraction of sp³-hybridized carbons (Fsp3) is 0.480. The Kier molecular flexibility index (Phi) is 5.93. The molecule has 1 saturated heterocycles. The van der Waals surface area contributed by atoms with E-state index in [9.17, 15) is 9.59 Å². The van der Waals surface area contributed by atoms with Crippen molar-refractivity contribution < 1.29 is 14.3 Å². The number of urea groups is 1. The van der Waals surface area contributed by atoms with E-state index < -0.39 is 5.60 Å². The van der Waals surface area contributed by atoms with Crippen LogP contribution in [0.25, 0.3) is 5.52 Å². The summed E-state index contributed by atoms with van der Waals surface area (Å²) in [6.45, 7) is 12.5. The van der Waals surface area contributed by atoms with Crippen LogP contribution < -0.4 is 15.1 Å². The van der Waals surface area contributed by atoms with Gasteiger partial charge in [0.1, 0.15) is 11.4 Å². The highest BCUT2D eigenvalue weighted by Gasteiger charge is 2.32. The van der Waals surface area contributed by atoms with E-state index in [1.807, 2.05) is 52.9 Å². The Bertz CT molecular complexity index is 1320. The maximum absolute atomic E-state index is 13.2. The summed E-state index contributed by atoms with van der Waals surface area (Å²) < 4.78 is 7.24. The predicted molar refractivity (Wildman–Crippen MR) is 137 cm³/mol. The van der Waals surface area contributed by atoms with Crippen LogP contribution in [0.3, 0.4) is 0 Å². The van der Waals surface area contributed by atoms with Crippen molar-refractivity contribution in [3.63, 3.8) is 0 Å². The second kappa shape index (κ2) is 8.96. The lowest BCUT2D eigenvalue weighted by molar-refractivity contribution is 0.0240. The summed E-state index contributed by atoms with van der Waals surface area (Å²) in [6.07, 6.45) is 4.01. The molecule has 3 amide bonds. The zero-order valence-corrected chi connectivity index (χ0v) is 21.4. The van der Waals surface area contributed by atoms with Crippen molar-refractivity contribution in [1.29, 1.82) is 0 Å². The Morgan fingerprint density at radius 1 is 1.08 bits per heavy atom. The third kappa shape index (κ3) is 4.65. The van der Waals surface area contributed by atoms with Gasteiger partial charge >= 0.3 is 12.1 Å². The summed E-state index contributed by atoms with van der Waals surface area (Å²) in [6, 6.07) is 3.55. The van der Waals surface area contributed by atoms with Crippen molar-refractivity contribution in [2.75, 3.05) is 47.8 Å². The van der Waals surface area contributed by atoms with Crippen LogP contribution in [0, 0.1) is 13.8 Å². The third-order valence-electron chi connectivity index (χ3n) is 6.36. The molecular formula is C25H32N8O3. The van der Waals surface area contributed by atoms with E-state index in [1.54, 1.807) is 20.5 Å². The molecule has 0 radical (unpaired) electrons. The van der Waals surface area contributed by atoms with Crippen LogP contribution >= 0.6 is 0 Å². The quantitative estimate of drug-likeness (QED) is 0.584. The zero-order chi connectivity index (χ0) is 25.6. The molecule has 0 spiro atoms. The Hall–Kier alpha value is -3.89. The number of carbonyl (C=O) groups is 2. The fourth-order valence-electron chi connectivity index (χ4n) is 4.75. The largest absolute Gasteiger partial charge is 0.444 e. The topological polar surface area (TPSA) is 108 Å². The summed E-state index contributed by atoms with van der Waals surface area (Å²) >= 11 is 0. The van der Waals surface area contributed by atoms with Crippen molar-refractivity contribution in [1.82, 2.24) is 24.5 Å². The van der Waals surface area contributed by atoms with Gasteiger partial charge in [-0.25, -0.2) is 19.1 Å². The van der Waals surface area contributed by atoms with Crippen LogP contribution in [0.15, 0.2) is 24.5 Å². The summed E-state index contributed by atoms with van der Waals surface area (Å²) in [5.74, 6) is 1.13. The number of hydrogen-bond donors (Lipinski definition) is 1. The van der Waals surface area contributed by atoms with Crippen molar-refractivity contribution in [3.05, 3.63) is 41.5 Å². The van der Waals surface area contributed by atoms with Gasteiger partial charge < -0.3 is 14.5 Å². The molecule has 11 nitrogen and oxygen atoms in total. The van der Waals surface area contributed by atoms with Crippen LogP contribution in [0.2, 0.25) is 0 Å². The molecule has 11 heteroatoms. The number of piperazine rings is 1. The Morgan fingerprint density at radius 2 is 1.83 bits per heavy atom. The number of fused-ring (bicyclic) bond motifs is 2. The average Bonchev–Trinajstić information content (AvgIpc) is 3.42. The summed E-state index contributed by atoms with van der Waals surface area (Å²) in [5, 5.41) is 7.40. The third-order valence-corrected chi connectivity index (χ3v) is 6.36. The molecule has 2 aliphatic rings. The average molecular weight is 493 g/mol. The fourth-order valence-corrected chi connectivity index (χ4v) is 4.75. The van der Waals surface area contributed by atoms with E-state index >= 15 is 0 Å². The van der Waals surface area contributed by atoms with Crippen LogP contribution in [0.1, 0.15) is 37.7 Å². The number of nitrogens with one attached hydrogen (secondary N) is 1. The molecule has 0 aromatic carbocycles. The number of anilines is 3. The van der Waals surface area contributed by atoms with Crippen LogP contribution in [-0.4, -0.2) is 74.9 Å². The lowest BCUT2D eigenvalue weighted by Gasteiger charge is -2.37. The number of rotatable bonds is 2. The van der Waals surface area contributed by atoms with E-state index in [4.69, 9.17) is 4.74 Å². The molecular weight excluding hydrogens is 460 g/mol. The van der Waals surface area contributed by atoms with Crippen LogP contribution in [0.4, 0.5) is 26.9 Å². The monoisotopic (exact) mass is 492 g/mol. The second-order valence-corrected chi connectivity index (χ2v) is 10.2. The maximum Gasteiger partial charge on any atom is 0.410 e. The number of carbonyl (C=O) groups excluding carboxylic acids is 2. The maximum atomic E-state index is 13.2. The Labute approximate surface area is 210 Å². The highest BCUT2D eigenvalue weighted by molar-refractivity contribution is 6.02. The van der Waals surface area contributed by atoms with Gasteiger partial charge in [-0.3, -0.25) is 15.2 Å². The molecule has 0 saturated carbocycles. The summed E-state index contributed by atoms with van der Waals surface area (Å²) in [5.41, 5.74) is 4.16. The van der Waals surface area contributed by atoms with E-state index in [0.717, 1.165) is 28.2 Å². The van der Waals surface area contributed by atoms with Gasteiger partial charge in [-0.05, 0) is 47.1 Å². The molecule has 36 heavy (non-hydrogen) atoms. The van der Waals surface area contributed by atoms with E-state index in [1.165, 1.54) is 0 Å². The number of aromatic nitrogens is 4. The molecule has 0 unspecified atom stereocenters. The lowest BCUT2D eigenvalue weighted by Crippen LogP contribution is -2.50. The van der Waals surface area contributed by atoms with Gasteiger partial charge in [0, 0.05) is 56.2 Å². The number of hydrogen-bond acceptors (Lipinski definition) is 7. The Morgan fingerprint density at radius 3 is 2.56 bits per heavy atom. The molecule has 0 bridgehead atoms. The predicted octanol–water partition coefficient (Wildman–Crippen LogP) is 3.39. The normalized spacial score (nSPS) is 15.9.